The molecule has 0 fully saturated rings. The van der Waals surface area contributed by atoms with E-state index in [1.165, 1.54) is 25.1 Å². The molecule has 1 amide bonds. The molecule has 0 atom stereocenters. The molecule has 0 saturated carbocycles. The van der Waals surface area contributed by atoms with E-state index in [-0.39, 0.29) is 17.2 Å². The van der Waals surface area contributed by atoms with Crippen molar-refractivity contribution in [1.29, 1.82) is 0 Å². The Balaban J connectivity index is 2.53. The lowest BCUT2D eigenvalue weighted by atomic mass is 10.1. The number of hydrogen-bond acceptors (Lipinski definition) is 4. The van der Waals surface area contributed by atoms with Gasteiger partial charge in [-0.2, -0.15) is 0 Å². The van der Waals surface area contributed by atoms with Crippen molar-refractivity contribution in [1.82, 2.24) is 0 Å². The minimum Gasteiger partial charge on any atom is -0.502 e. The number of carbonyl (C=O) groups is 1. The van der Waals surface area contributed by atoms with Crippen LogP contribution in [-0.4, -0.2) is 16.1 Å². The summed E-state index contributed by atoms with van der Waals surface area (Å²) in [6.45, 7) is 1.21. The van der Waals surface area contributed by atoms with Gasteiger partial charge < -0.3 is 14.6 Å². The van der Waals surface area contributed by atoms with E-state index in [0.29, 0.717) is 0 Å². The fourth-order valence-electron chi connectivity index (χ4n) is 1.49. The molecule has 0 spiro atoms. The summed E-state index contributed by atoms with van der Waals surface area (Å²) < 4.78 is 18.6. The number of carbonyl (C=O) groups excluding carboxylic acids is 1. The third kappa shape index (κ3) is 2.00. The molecule has 94 valence electrons. The van der Waals surface area contributed by atoms with Crippen molar-refractivity contribution in [2.45, 2.75) is 6.92 Å². The summed E-state index contributed by atoms with van der Waals surface area (Å²) >= 11 is 0. The van der Waals surface area contributed by atoms with Crippen LogP contribution < -0.4 is 5.32 Å². The predicted octanol–water partition coefficient (Wildman–Crippen LogP) is 2.46. The Morgan fingerprint density at radius 3 is 2.56 bits per heavy atom. The van der Waals surface area contributed by atoms with Gasteiger partial charge in [-0.15, -0.1) is 0 Å². The summed E-state index contributed by atoms with van der Waals surface area (Å²) in [4.78, 5) is 10.9. The molecule has 1 heterocycles. The maximum atomic E-state index is 13.5. The molecule has 0 aliphatic rings. The van der Waals surface area contributed by atoms with Crippen LogP contribution in [0.2, 0.25) is 0 Å². The third-order valence-corrected chi connectivity index (χ3v) is 2.27. The van der Waals surface area contributed by atoms with Crippen LogP contribution in [0.25, 0.3) is 11.3 Å². The molecule has 1 aromatic heterocycles. The number of anilines is 1. The Morgan fingerprint density at radius 2 is 1.94 bits per heavy atom. The van der Waals surface area contributed by atoms with E-state index in [2.05, 4.69) is 5.32 Å². The van der Waals surface area contributed by atoms with Crippen LogP contribution in [-0.2, 0) is 4.79 Å². The Kier molecular flexibility index (Phi) is 2.93. The Labute approximate surface area is 101 Å². The lowest BCUT2D eigenvalue weighted by Crippen LogP contribution is -2.04. The van der Waals surface area contributed by atoms with Gasteiger partial charge in [0, 0.05) is 6.92 Å². The van der Waals surface area contributed by atoms with Gasteiger partial charge in [0.15, 0.2) is 5.76 Å². The van der Waals surface area contributed by atoms with E-state index >= 15 is 0 Å². The summed E-state index contributed by atoms with van der Waals surface area (Å²) in [5.74, 6) is -2.92. The molecule has 1 aromatic carbocycles. The van der Waals surface area contributed by atoms with E-state index in [4.69, 9.17) is 4.42 Å². The standard InChI is InChI=1S/C12H10FNO4/c1-6(15)14-12-10(17)9(16)11(18-12)7-4-2-3-5-8(7)13/h2-5,16-17H,1H3,(H,14,15). The first-order valence-corrected chi connectivity index (χ1v) is 5.08. The van der Waals surface area contributed by atoms with E-state index in [1.807, 2.05) is 0 Å². The van der Waals surface area contributed by atoms with Crippen LogP contribution >= 0.6 is 0 Å². The van der Waals surface area contributed by atoms with Crippen LogP contribution in [0.3, 0.4) is 0 Å². The van der Waals surface area contributed by atoms with Gasteiger partial charge >= 0.3 is 0 Å². The SMILES string of the molecule is CC(=O)Nc1oc(-c2ccccc2F)c(O)c1O. The first-order valence-electron chi connectivity index (χ1n) is 5.08. The van der Waals surface area contributed by atoms with E-state index in [0.717, 1.165) is 0 Å². The molecular weight excluding hydrogens is 241 g/mol. The molecule has 6 heteroatoms. The molecule has 0 aliphatic heterocycles. The zero-order valence-electron chi connectivity index (χ0n) is 9.40. The summed E-state index contributed by atoms with van der Waals surface area (Å²) in [6, 6.07) is 5.60. The highest BCUT2D eigenvalue weighted by molar-refractivity contribution is 5.90. The smallest absolute Gasteiger partial charge is 0.246 e. The second kappa shape index (κ2) is 4.40. The van der Waals surface area contributed by atoms with Gasteiger partial charge in [-0.25, -0.2) is 4.39 Å². The number of benzene rings is 1. The van der Waals surface area contributed by atoms with Gasteiger partial charge in [-0.05, 0) is 12.1 Å². The summed E-state index contributed by atoms with van der Waals surface area (Å²) in [7, 11) is 0. The highest BCUT2D eigenvalue weighted by Crippen LogP contribution is 2.45. The van der Waals surface area contributed by atoms with Crippen LogP contribution in [0.1, 0.15) is 6.92 Å². The highest BCUT2D eigenvalue weighted by atomic mass is 19.1. The number of rotatable bonds is 2. The molecule has 0 saturated heterocycles. The van der Waals surface area contributed by atoms with E-state index < -0.39 is 23.2 Å². The van der Waals surface area contributed by atoms with Gasteiger partial charge in [0.2, 0.25) is 23.3 Å². The lowest BCUT2D eigenvalue weighted by molar-refractivity contribution is -0.114. The van der Waals surface area contributed by atoms with Crippen molar-refractivity contribution in [3.05, 3.63) is 30.1 Å². The normalized spacial score (nSPS) is 10.3. The maximum Gasteiger partial charge on any atom is 0.246 e. The zero-order valence-corrected chi connectivity index (χ0v) is 9.40. The molecule has 0 unspecified atom stereocenters. The maximum absolute atomic E-state index is 13.5. The second-order valence-electron chi connectivity index (χ2n) is 3.62. The predicted molar refractivity (Wildman–Crippen MR) is 61.7 cm³/mol. The van der Waals surface area contributed by atoms with Crippen LogP contribution in [0.15, 0.2) is 28.7 Å². The fraction of sp³-hybridized carbons (Fsp3) is 0.0833. The third-order valence-electron chi connectivity index (χ3n) is 2.27. The van der Waals surface area contributed by atoms with Crippen molar-refractivity contribution >= 4 is 11.8 Å². The quantitative estimate of drug-likeness (QED) is 0.765. The first kappa shape index (κ1) is 12.0. The second-order valence-corrected chi connectivity index (χ2v) is 3.62. The van der Waals surface area contributed by atoms with Gasteiger partial charge in [0.1, 0.15) is 5.82 Å². The average molecular weight is 251 g/mol. The number of amides is 1. The molecule has 5 nitrogen and oxygen atoms in total. The van der Waals surface area contributed by atoms with E-state index in [9.17, 15) is 19.4 Å². The lowest BCUT2D eigenvalue weighted by Gasteiger charge is -1.99. The monoisotopic (exact) mass is 251 g/mol. The van der Waals surface area contributed by atoms with Crippen molar-refractivity contribution in [3.63, 3.8) is 0 Å². The first-order chi connectivity index (χ1) is 8.50. The number of aromatic hydroxyl groups is 2. The van der Waals surface area contributed by atoms with E-state index in [1.54, 1.807) is 6.07 Å². The summed E-state index contributed by atoms with van der Waals surface area (Å²) in [5.41, 5.74) is -0.0121. The molecule has 0 aliphatic carbocycles. The molecule has 0 radical (unpaired) electrons. The molecule has 0 bridgehead atoms. The molecule has 3 N–H and O–H groups in total. The van der Waals surface area contributed by atoms with Crippen LogP contribution in [0.5, 0.6) is 11.5 Å². The largest absolute Gasteiger partial charge is 0.502 e. The Hall–Kier alpha value is -2.50. The summed E-state index contributed by atoms with van der Waals surface area (Å²) in [6.07, 6.45) is 0. The topological polar surface area (TPSA) is 82.7 Å². The van der Waals surface area contributed by atoms with Crippen molar-refractivity contribution in [2.75, 3.05) is 5.32 Å². The zero-order chi connectivity index (χ0) is 13.3. The highest BCUT2D eigenvalue weighted by Gasteiger charge is 2.23. The van der Waals surface area contributed by atoms with Crippen molar-refractivity contribution < 1.29 is 23.8 Å². The summed E-state index contributed by atoms with van der Waals surface area (Å²) in [5, 5.41) is 21.4. The van der Waals surface area contributed by atoms with Gasteiger partial charge in [0.25, 0.3) is 0 Å². The molecule has 2 aromatic rings. The van der Waals surface area contributed by atoms with Crippen molar-refractivity contribution in [2.24, 2.45) is 0 Å². The fourth-order valence-corrected chi connectivity index (χ4v) is 1.49. The Bertz CT molecular complexity index is 606. The van der Waals surface area contributed by atoms with Gasteiger partial charge in [-0.1, -0.05) is 12.1 Å². The molecule has 2 rings (SSSR count). The van der Waals surface area contributed by atoms with Crippen molar-refractivity contribution in [3.8, 4) is 22.8 Å². The molecule has 18 heavy (non-hydrogen) atoms. The van der Waals surface area contributed by atoms with Gasteiger partial charge in [0.05, 0.1) is 5.56 Å². The molecular formula is C12H10FNO4. The minimum absolute atomic E-state index is 0.0121. The van der Waals surface area contributed by atoms with Gasteiger partial charge in [-0.3, -0.25) is 10.1 Å². The number of furan rings is 1. The number of halogens is 1. The average Bonchev–Trinajstić information content (AvgIpc) is 2.58. The van der Waals surface area contributed by atoms with Crippen LogP contribution in [0.4, 0.5) is 10.3 Å². The Morgan fingerprint density at radius 1 is 1.28 bits per heavy atom. The number of hydrogen-bond donors (Lipinski definition) is 3. The number of nitrogens with one attached hydrogen (secondary N) is 1. The minimum atomic E-state index is -0.636. The van der Waals surface area contributed by atoms with Crippen LogP contribution in [0, 0.1) is 5.82 Å².